The molecule has 0 aromatic carbocycles. The van der Waals surface area contributed by atoms with E-state index in [0.717, 1.165) is 29.2 Å². The Morgan fingerprint density at radius 1 is 1.38 bits per heavy atom. The van der Waals surface area contributed by atoms with Gasteiger partial charge >= 0.3 is 5.97 Å². The first-order valence-electron chi connectivity index (χ1n) is 7.98. The van der Waals surface area contributed by atoms with E-state index in [0.29, 0.717) is 6.54 Å². The SMILES string of the molecule is Cc1cc(C)n(CCCNC(=O)C[C@H](CC(=O)O)c2cccs2)n1. The van der Waals surface area contributed by atoms with Crippen molar-refractivity contribution in [2.75, 3.05) is 6.54 Å². The van der Waals surface area contributed by atoms with Crippen molar-refractivity contribution in [1.82, 2.24) is 15.1 Å². The first-order valence-corrected chi connectivity index (χ1v) is 8.86. The minimum atomic E-state index is -0.884. The molecule has 6 nitrogen and oxygen atoms in total. The minimum absolute atomic E-state index is 0.0281. The first-order chi connectivity index (χ1) is 11.5. The number of nitrogens with zero attached hydrogens (tertiary/aromatic N) is 2. The molecule has 0 unspecified atom stereocenters. The molecule has 1 atom stereocenters. The molecule has 0 bridgehead atoms. The maximum absolute atomic E-state index is 12.1. The van der Waals surface area contributed by atoms with Crippen molar-refractivity contribution in [3.8, 4) is 0 Å². The summed E-state index contributed by atoms with van der Waals surface area (Å²) >= 11 is 1.49. The third-order valence-electron chi connectivity index (χ3n) is 3.77. The number of aliphatic carboxylic acids is 1. The third-order valence-corrected chi connectivity index (χ3v) is 4.81. The zero-order valence-electron chi connectivity index (χ0n) is 14.0. The number of carboxylic acid groups (broad SMARTS) is 1. The summed E-state index contributed by atoms with van der Waals surface area (Å²) in [6.45, 7) is 5.28. The number of aromatic nitrogens is 2. The number of aryl methyl sites for hydroxylation is 3. The topological polar surface area (TPSA) is 84.2 Å². The van der Waals surface area contributed by atoms with E-state index in [4.69, 9.17) is 5.11 Å². The van der Waals surface area contributed by atoms with Crippen LogP contribution in [-0.2, 0) is 16.1 Å². The maximum atomic E-state index is 12.1. The van der Waals surface area contributed by atoms with Crippen LogP contribution in [0.2, 0.25) is 0 Å². The molecule has 1 amide bonds. The van der Waals surface area contributed by atoms with Crippen LogP contribution < -0.4 is 5.32 Å². The average Bonchev–Trinajstić information content (AvgIpc) is 3.12. The predicted octanol–water partition coefficient (Wildman–Crippen LogP) is 2.72. The maximum Gasteiger partial charge on any atom is 0.304 e. The third kappa shape index (κ3) is 5.49. The van der Waals surface area contributed by atoms with Crippen LogP contribution in [-0.4, -0.2) is 33.3 Å². The van der Waals surface area contributed by atoms with Gasteiger partial charge in [-0.1, -0.05) is 6.07 Å². The average molecular weight is 349 g/mol. The molecule has 2 N–H and O–H groups in total. The van der Waals surface area contributed by atoms with Gasteiger partial charge in [0.15, 0.2) is 0 Å². The molecule has 130 valence electrons. The van der Waals surface area contributed by atoms with Crippen LogP contribution in [0.1, 0.15) is 41.4 Å². The molecule has 0 aliphatic heterocycles. The van der Waals surface area contributed by atoms with Crippen molar-refractivity contribution in [3.63, 3.8) is 0 Å². The smallest absolute Gasteiger partial charge is 0.304 e. The zero-order chi connectivity index (χ0) is 17.5. The number of carbonyl (C=O) groups excluding carboxylic acids is 1. The second-order valence-electron chi connectivity index (χ2n) is 5.87. The molecule has 0 spiro atoms. The molecular formula is C17H23N3O3S. The molecular weight excluding hydrogens is 326 g/mol. The highest BCUT2D eigenvalue weighted by Crippen LogP contribution is 2.27. The summed E-state index contributed by atoms with van der Waals surface area (Å²) in [5.74, 6) is -1.26. The Hall–Kier alpha value is -2.15. The standard InChI is InChI=1S/C17H23N3O3S/c1-12-9-13(2)20(19-12)7-4-6-18-16(21)10-14(11-17(22)23)15-5-3-8-24-15/h3,5,8-9,14H,4,6-7,10-11H2,1-2H3,(H,18,21)(H,22,23)/t14-/m1/s1. The first kappa shape index (κ1) is 18.2. The highest BCUT2D eigenvalue weighted by Gasteiger charge is 2.20. The summed E-state index contributed by atoms with van der Waals surface area (Å²) < 4.78 is 1.93. The molecule has 0 aliphatic carbocycles. The summed E-state index contributed by atoms with van der Waals surface area (Å²) in [5.41, 5.74) is 2.10. The van der Waals surface area contributed by atoms with Gasteiger partial charge in [0, 0.05) is 36.0 Å². The second-order valence-corrected chi connectivity index (χ2v) is 6.85. The van der Waals surface area contributed by atoms with E-state index >= 15 is 0 Å². The Morgan fingerprint density at radius 3 is 2.75 bits per heavy atom. The Morgan fingerprint density at radius 2 is 2.17 bits per heavy atom. The van der Waals surface area contributed by atoms with E-state index in [1.165, 1.54) is 11.3 Å². The number of carbonyl (C=O) groups is 2. The quantitative estimate of drug-likeness (QED) is 0.682. The predicted molar refractivity (Wildman–Crippen MR) is 93.3 cm³/mol. The van der Waals surface area contributed by atoms with E-state index in [1.807, 2.05) is 42.1 Å². The van der Waals surface area contributed by atoms with Crippen LogP contribution in [0.15, 0.2) is 23.6 Å². The molecule has 2 heterocycles. The van der Waals surface area contributed by atoms with Gasteiger partial charge in [-0.2, -0.15) is 5.10 Å². The second kappa shape index (κ2) is 8.63. The molecule has 2 aromatic heterocycles. The zero-order valence-corrected chi connectivity index (χ0v) is 14.8. The fraction of sp³-hybridized carbons (Fsp3) is 0.471. The normalized spacial score (nSPS) is 12.1. The number of carboxylic acids is 1. The molecule has 7 heteroatoms. The monoisotopic (exact) mass is 349 g/mol. The van der Waals surface area contributed by atoms with Crippen molar-refractivity contribution in [2.45, 2.75) is 45.6 Å². The van der Waals surface area contributed by atoms with Crippen molar-refractivity contribution < 1.29 is 14.7 Å². The van der Waals surface area contributed by atoms with Crippen LogP contribution in [0.4, 0.5) is 0 Å². The van der Waals surface area contributed by atoms with E-state index < -0.39 is 5.97 Å². The number of thiophene rings is 1. The summed E-state index contributed by atoms with van der Waals surface area (Å²) in [4.78, 5) is 24.0. The van der Waals surface area contributed by atoms with Crippen molar-refractivity contribution in [3.05, 3.63) is 39.8 Å². The molecule has 0 radical (unpaired) electrons. The van der Waals surface area contributed by atoms with Crippen molar-refractivity contribution >= 4 is 23.2 Å². The van der Waals surface area contributed by atoms with Gasteiger partial charge < -0.3 is 10.4 Å². The largest absolute Gasteiger partial charge is 0.481 e. The molecule has 2 rings (SSSR count). The van der Waals surface area contributed by atoms with E-state index in [2.05, 4.69) is 10.4 Å². The number of rotatable bonds is 9. The summed E-state index contributed by atoms with van der Waals surface area (Å²) in [7, 11) is 0. The molecule has 0 saturated carbocycles. The van der Waals surface area contributed by atoms with Crippen LogP contribution in [0, 0.1) is 13.8 Å². The van der Waals surface area contributed by atoms with Gasteiger partial charge in [0.2, 0.25) is 5.91 Å². The fourth-order valence-electron chi connectivity index (χ4n) is 2.66. The van der Waals surface area contributed by atoms with Gasteiger partial charge in [0.05, 0.1) is 12.1 Å². The van der Waals surface area contributed by atoms with Crippen LogP contribution >= 0.6 is 11.3 Å². The lowest BCUT2D eigenvalue weighted by molar-refractivity contribution is -0.137. The van der Waals surface area contributed by atoms with Crippen LogP contribution in [0.25, 0.3) is 0 Å². The van der Waals surface area contributed by atoms with Gasteiger partial charge in [0.1, 0.15) is 0 Å². The molecule has 0 saturated heterocycles. The summed E-state index contributed by atoms with van der Waals surface area (Å²) in [6, 6.07) is 5.78. The van der Waals surface area contributed by atoms with Crippen LogP contribution in [0.3, 0.4) is 0 Å². The summed E-state index contributed by atoms with van der Waals surface area (Å²) in [6.07, 6.45) is 0.961. The van der Waals surface area contributed by atoms with Gasteiger partial charge in [0.25, 0.3) is 0 Å². The lowest BCUT2D eigenvalue weighted by atomic mass is 9.99. The van der Waals surface area contributed by atoms with Gasteiger partial charge in [-0.05, 0) is 37.8 Å². The Balaban J connectivity index is 1.77. The molecule has 24 heavy (non-hydrogen) atoms. The Labute approximate surface area is 145 Å². The number of hydrogen-bond acceptors (Lipinski definition) is 4. The lowest BCUT2D eigenvalue weighted by Gasteiger charge is -2.13. The molecule has 0 aliphatic rings. The highest BCUT2D eigenvalue weighted by molar-refractivity contribution is 7.10. The molecule has 0 fully saturated rings. The van der Waals surface area contributed by atoms with E-state index in [9.17, 15) is 9.59 Å². The van der Waals surface area contributed by atoms with Crippen molar-refractivity contribution in [1.29, 1.82) is 0 Å². The van der Waals surface area contributed by atoms with Crippen molar-refractivity contribution in [2.24, 2.45) is 0 Å². The summed E-state index contributed by atoms with van der Waals surface area (Å²) in [5, 5.41) is 18.2. The van der Waals surface area contributed by atoms with E-state index in [-0.39, 0.29) is 24.7 Å². The fourth-order valence-corrected chi connectivity index (χ4v) is 3.49. The number of nitrogens with one attached hydrogen (secondary N) is 1. The number of amides is 1. The highest BCUT2D eigenvalue weighted by atomic mass is 32.1. The molecule has 2 aromatic rings. The van der Waals surface area contributed by atoms with Gasteiger partial charge in [-0.15, -0.1) is 11.3 Å². The minimum Gasteiger partial charge on any atom is -0.481 e. The lowest BCUT2D eigenvalue weighted by Crippen LogP contribution is -2.27. The Kier molecular flexibility index (Phi) is 6.54. The van der Waals surface area contributed by atoms with Gasteiger partial charge in [-0.3, -0.25) is 14.3 Å². The van der Waals surface area contributed by atoms with Crippen LogP contribution in [0.5, 0.6) is 0 Å². The van der Waals surface area contributed by atoms with Gasteiger partial charge in [-0.25, -0.2) is 0 Å². The number of hydrogen-bond donors (Lipinski definition) is 2. The Bertz CT molecular complexity index is 679. The van der Waals surface area contributed by atoms with E-state index in [1.54, 1.807) is 0 Å².